The number of phenolic OH excluding ortho intramolecular Hbond substituents is 1. The molecule has 0 fully saturated rings. The minimum absolute atomic E-state index is 0. The molecule has 0 aliphatic heterocycles. The third-order valence-electron chi connectivity index (χ3n) is 6.81. The molecule has 0 saturated carbocycles. The van der Waals surface area contributed by atoms with Crippen molar-refractivity contribution in [3.63, 3.8) is 0 Å². The molecule has 2 aromatic rings. The number of aromatic hydroxyl groups is 1. The Labute approximate surface area is 253 Å². The molecule has 0 aliphatic carbocycles. The molecule has 0 saturated heterocycles. The van der Waals surface area contributed by atoms with Gasteiger partial charge in [0.25, 0.3) is 5.91 Å². The summed E-state index contributed by atoms with van der Waals surface area (Å²) < 4.78 is 7.02. The van der Waals surface area contributed by atoms with Crippen LogP contribution in [-0.4, -0.2) is 60.5 Å². The molecular formula is C32H54N2O4W. The fraction of sp³-hybridized carbons (Fsp3) is 0.562. The van der Waals surface area contributed by atoms with E-state index in [-0.39, 0.29) is 32.7 Å². The summed E-state index contributed by atoms with van der Waals surface area (Å²) in [5, 5.41) is 19.1. The topological polar surface area (TPSA) is 78.8 Å². The van der Waals surface area contributed by atoms with Crippen molar-refractivity contribution in [3.05, 3.63) is 61.0 Å². The van der Waals surface area contributed by atoms with Gasteiger partial charge in [0.1, 0.15) is 11.5 Å². The maximum Gasteiger partial charge on any atom is 0.259 e. The summed E-state index contributed by atoms with van der Waals surface area (Å²) in [5.41, 5.74) is 1.15. The molecule has 0 radical (unpaired) electrons. The molecule has 0 heterocycles. The van der Waals surface area contributed by atoms with E-state index < -0.39 is 0 Å². The number of nitrogens with zero attached hydrogens (tertiary/aromatic N) is 1. The van der Waals surface area contributed by atoms with Crippen molar-refractivity contribution in [3.8, 4) is 11.5 Å². The Morgan fingerprint density at radius 3 is 1.97 bits per heavy atom. The maximum absolute atomic E-state index is 12.5. The summed E-state index contributed by atoms with van der Waals surface area (Å²) in [4.78, 5) is 12.5. The third kappa shape index (κ3) is 16.7. The molecule has 7 heteroatoms. The second-order valence-electron chi connectivity index (χ2n) is 9.39. The Bertz CT molecular complexity index is 834. The molecule has 39 heavy (non-hydrogen) atoms. The molecule has 3 N–H and O–H groups in total. The van der Waals surface area contributed by atoms with Crippen LogP contribution in [0.25, 0.3) is 0 Å². The standard InChI is InChI=1S/C21H27NO3.C10H23N.CH4O.W/c1-2-3-4-5-6-9-16-25-20-11-8-7-10-19(20)21(24)22-17-12-14-18(23)15-13-17;1-5-9-10-11(6-2,7-3)8-4;1-2;/h7-8,10-15,23H,2-6,9,16H2,1H3,(H,22,24);2,5-10H2,1,3-4H3;2H,1H3;. The summed E-state index contributed by atoms with van der Waals surface area (Å²) in [6.45, 7) is 18.5. The summed E-state index contributed by atoms with van der Waals surface area (Å²) in [6.07, 6.45) is 9.86. The first kappa shape index (κ1) is 39.3. The zero-order chi connectivity index (χ0) is 28.7. The van der Waals surface area contributed by atoms with E-state index in [2.05, 4.69) is 39.9 Å². The average Bonchev–Trinajstić information content (AvgIpc) is 2.96. The van der Waals surface area contributed by atoms with Crippen LogP contribution in [0.3, 0.4) is 0 Å². The molecule has 0 unspecified atom stereocenters. The molecule has 0 atom stereocenters. The van der Waals surface area contributed by atoms with Crippen molar-refractivity contribution in [2.45, 2.75) is 79.1 Å². The molecule has 1 amide bonds. The molecule has 2 rings (SSSR count). The number of para-hydroxylation sites is 1. The van der Waals surface area contributed by atoms with Crippen molar-refractivity contribution in [2.75, 3.05) is 45.2 Å². The smallest absolute Gasteiger partial charge is 0.259 e. The number of benzene rings is 2. The van der Waals surface area contributed by atoms with Crippen LogP contribution < -0.4 is 10.1 Å². The van der Waals surface area contributed by atoms with Gasteiger partial charge in [0, 0.05) is 33.9 Å². The summed E-state index contributed by atoms with van der Waals surface area (Å²) in [5.74, 6) is 0.553. The minimum Gasteiger partial charge on any atom is -0.508 e. The van der Waals surface area contributed by atoms with Crippen molar-refractivity contribution < 1.29 is 45.3 Å². The number of amides is 1. The van der Waals surface area contributed by atoms with E-state index >= 15 is 0 Å². The van der Waals surface area contributed by atoms with E-state index in [4.69, 9.17) is 9.84 Å². The van der Waals surface area contributed by atoms with Gasteiger partial charge in [0.15, 0.2) is 0 Å². The van der Waals surface area contributed by atoms with E-state index in [0.717, 1.165) is 26.5 Å². The zero-order valence-corrected chi connectivity index (χ0v) is 28.0. The summed E-state index contributed by atoms with van der Waals surface area (Å²) in [7, 11) is 1.00. The molecule has 222 valence electrons. The van der Waals surface area contributed by atoms with Crippen LogP contribution >= 0.6 is 0 Å². The second-order valence-corrected chi connectivity index (χ2v) is 9.39. The number of phenols is 1. The van der Waals surface area contributed by atoms with Crippen LogP contribution in [0.5, 0.6) is 11.5 Å². The molecule has 0 aliphatic rings. The summed E-state index contributed by atoms with van der Waals surface area (Å²) in [6, 6.07) is 13.7. The number of aliphatic hydroxyl groups excluding tert-OH is 1. The quantitative estimate of drug-likeness (QED) is 0.0731. The van der Waals surface area contributed by atoms with E-state index in [9.17, 15) is 9.90 Å². The molecule has 2 aromatic carbocycles. The van der Waals surface area contributed by atoms with Crippen LogP contribution in [0.4, 0.5) is 5.69 Å². The number of hydrogen-bond acceptors (Lipinski definition) is 4. The molecular weight excluding hydrogens is 660 g/mol. The molecule has 0 bridgehead atoms. The maximum atomic E-state index is 12.5. The van der Waals surface area contributed by atoms with Crippen LogP contribution in [0.1, 0.15) is 89.4 Å². The number of nitrogens with one attached hydrogen (secondary N) is 1. The first-order valence-electron chi connectivity index (χ1n) is 14.4. The molecule has 6 nitrogen and oxygen atoms in total. The van der Waals surface area contributed by atoms with Crippen LogP contribution in [0.15, 0.2) is 48.5 Å². The number of ether oxygens (including phenoxy) is 1. The monoisotopic (exact) mass is 714 g/mol. The predicted octanol–water partition coefficient (Wildman–Crippen LogP) is 7.47. The van der Waals surface area contributed by atoms with Gasteiger partial charge in [-0.25, -0.2) is 0 Å². The normalized spacial score (nSPS) is 10.2. The van der Waals surface area contributed by atoms with Crippen LogP contribution in [-0.2, 0) is 21.1 Å². The van der Waals surface area contributed by atoms with Crippen molar-refractivity contribution >= 4 is 11.6 Å². The van der Waals surface area contributed by atoms with Crippen LogP contribution in [0, 0.1) is 6.92 Å². The van der Waals surface area contributed by atoms with Gasteiger partial charge in [-0.2, -0.15) is 0 Å². The van der Waals surface area contributed by atoms with E-state index in [1.165, 1.54) is 74.8 Å². The van der Waals surface area contributed by atoms with Gasteiger partial charge in [-0.15, -0.1) is 0 Å². The predicted molar refractivity (Wildman–Crippen MR) is 161 cm³/mol. The largest absolute Gasteiger partial charge is 0.508 e. The van der Waals surface area contributed by atoms with Gasteiger partial charge in [-0.1, -0.05) is 64.5 Å². The second kappa shape index (κ2) is 25.1. The van der Waals surface area contributed by atoms with E-state index in [1.807, 2.05) is 18.2 Å². The number of unbranched alkanes of at least 4 members (excludes halogenated alkanes) is 6. The average molecular weight is 715 g/mol. The van der Waals surface area contributed by atoms with Crippen LogP contribution in [0.2, 0.25) is 0 Å². The van der Waals surface area contributed by atoms with Gasteiger partial charge < -0.3 is 24.7 Å². The van der Waals surface area contributed by atoms with Gasteiger partial charge in [-0.05, 0) is 69.6 Å². The fourth-order valence-electron chi connectivity index (χ4n) is 4.05. The van der Waals surface area contributed by atoms with E-state index in [1.54, 1.807) is 18.2 Å². The Kier molecular flexibility index (Phi) is 25.3. The Morgan fingerprint density at radius 1 is 0.846 bits per heavy atom. The third-order valence-corrected chi connectivity index (χ3v) is 6.81. The fourth-order valence-corrected chi connectivity index (χ4v) is 4.05. The Balaban J connectivity index is 0. The number of aliphatic hydroxyl groups is 1. The number of quaternary nitrogens is 1. The summed E-state index contributed by atoms with van der Waals surface area (Å²) >= 11 is 0. The molecule has 0 aromatic heterocycles. The first-order valence-corrected chi connectivity index (χ1v) is 14.4. The number of carbonyl (C=O) groups excluding carboxylic acids is 1. The van der Waals surface area contributed by atoms with Gasteiger partial charge in [0.2, 0.25) is 0 Å². The minimum atomic E-state index is -0.218. The van der Waals surface area contributed by atoms with Gasteiger partial charge >= 0.3 is 0 Å². The number of hydrogen-bond donors (Lipinski definition) is 3. The number of rotatable bonds is 16. The van der Waals surface area contributed by atoms with Crippen molar-refractivity contribution in [1.29, 1.82) is 0 Å². The van der Waals surface area contributed by atoms with Gasteiger partial charge in [-0.3, -0.25) is 11.7 Å². The SMILES string of the molecule is CCCCCCCCOc1ccccc1C(=O)Nc1ccc(O)cc1.CO.[CH2-]C[N+](CC)(CC)CCCC.[W]. The van der Waals surface area contributed by atoms with Crippen molar-refractivity contribution in [1.82, 2.24) is 0 Å². The van der Waals surface area contributed by atoms with E-state index in [0.29, 0.717) is 23.6 Å². The molecule has 0 spiro atoms. The number of carbonyl (C=O) groups is 1. The Morgan fingerprint density at radius 2 is 1.41 bits per heavy atom. The zero-order valence-electron chi connectivity index (χ0n) is 25.1. The number of anilines is 1. The van der Waals surface area contributed by atoms with Gasteiger partial charge in [0.05, 0.1) is 31.8 Å². The Hall–Kier alpha value is -1.88. The first-order chi connectivity index (χ1) is 18.4. The van der Waals surface area contributed by atoms with Crippen molar-refractivity contribution in [2.24, 2.45) is 0 Å².